The van der Waals surface area contributed by atoms with Crippen LogP contribution in [0.2, 0.25) is 0 Å². The van der Waals surface area contributed by atoms with Gasteiger partial charge in [-0.05, 0) is 23.6 Å². The first-order valence-corrected chi connectivity index (χ1v) is 8.96. The van der Waals surface area contributed by atoms with Crippen molar-refractivity contribution in [3.63, 3.8) is 0 Å². The predicted octanol–water partition coefficient (Wildman–Crippen LogP) is 3.29. The zero-order chi connectivity index (χ0) is 18.4. The van der Waals surface area contributed by atoms with Gasteiger partial charge in [-0.25, -0.2) is 0 Å². The zero-order valence-corrected chi connectivity index (χ0v) is 15.0. The number of nitrogens with one attached hydrogen (secondary N) is 1. The third kappa shape index (κ3) is 4.49. The van der Waals surface area contributed by atoms with E-state index in [1.54, 1.807) is 17.0 Å². The number of morpholine rings is 1. The molecule has 0 aromatic heterocycles. The maximum absolute atomic E-state index is 12.8. The molecule has 1 aliphatic heterocycles. The monoisotopic (exact) mass is 352 g/mol. The van der Waals surface area contributed by atoms with Crippen LogP contribution < -0.4 is 5.32 Å². The average Bonchev–Trinajstić information content (AvgIpc) is 2.69. The van der Waals surface area contributed by atoms with Crippen molar-refractivity contribution in [2.75, 3.05) is 31.6 Å². The van der Waals surface area contributed by atoms with Crippen molar-refractivity contribution in [1.29, 1.82) is 0 Å². The molecule has 0 aliphatic carbocycles. The summed E-state index contributed by atoms with van der Waals surface area (Å²) in [6.07, 6.45) is 0.365. The van der Waals surface area contributed by atoms with Gasteiger partial charge in [0.05, 0.1) is 24.5 Å². The molecule has 136 valence electrons. The Labute approximate surface area is 154 Å². The lowest BCUT2D eigenvalue weighted by Gasteiger charge is -2.27. The van der Waals surface area contributed by atoms with E-state index in [-0.39, 0.29) is 17.7 Å². The van der Waals surface area contributed by atoms with Gasteiger partial charge in [0.2, 0.25) is 5.91 Å². The Hall–Kier alpha value is -2.66. The molecular weight excluding hydrogens is 328 g/mol. The number of benzene rings is 2. The molecule has 5 nitrogen and oxygen atoms in total. The molecule has 2 amide bonds. The van der Waals surface area contributed by atoms with Gasteiger partial charge in [-0.1, -0.05) is 49.4 Å². The van der Waals surface area contributed by atoms with Gasteiger partial charge < -0.3 is 15.0 Å². The number of rotatable bonds is 5. The summed E-state index contributed by atoms with van der Waals surface area (Å²) >= 11 is 0. The van der Waals surface area contributed by atoms with Crippen LogP contribution in [0.4, 0.5) is 5.69 Å². The smallest absolute Gasteiger partial charge is 0.256 e. The summed E-state index contributed by atoms with van der Waals surface area (Å²) in [7, 11) is 0. The molecule has 26 heavy (non-hydrogen) atoms. The summed E-state index contributed by atoms with van der Waals surface area (Å²) in [4.78, 5) is 27.0. The fourth-order valence-corrected chi connectivity index (χ4v) is 3.09. The van der Waals surface area contributed by atoms with Crippen molar-refractivity contribution >= 4 is 17.5 Å². The van der Waals surface area contributed by atoms with E-state index >= 15 is 0 Å². The molecule has 1 aliphatic rings. The number of amides is 2. The van der Waals surface area contributed by atoms with Gasteiger partial charge in [0, 0.05) is 19.5 Å². The largest absolute Gasteiger partial charge is 0.378 e. The first-order valence-electron chi connectivity index (χ1n) is 8.96. The molecule has 0 unspecified atom stereocenters. The lowest BCUT2D eigenvalue weighted by molar-refractivity contribution is -0.116. The van der Waals surface area contributed by atoms with Crippen LogP contribution in [0.15, 0.2) is 54.6 Å². The van der Waals surface area contributed by atoms with Gasteiger partial charge in [-0.3, -0.25) is 9.59 Å². The van der Waals surface area contributed by atoms with E-state index in [2.05, 4.69) is 5.32 Å². The Balaban J connectivity index is 1.67. The molecule has 5 heteroatoms. The van der Waals surface area contributed by atoms with Crippen molar-refractivity contribution < 1.29 is 14.3 Å². The van der Waals surface area contributed by atoms with Gasteiger partial charge in [0.1, 0.15) is 0 Å². The van der Waals surface area contributed by atoms with E-state index in [1.165, 1.54) is 0 Å². The highest BCUT2D eigenvalue weighted by Gasteiger charge is 2.22. The average molecular weight is 352 g/mol. The number of anilines is 1. The molecule has 3 rings (SSSR count). The minimum absolute atomic E-state index is 0.0692. The molecule has 0 radical (unpaired) electrons. The quantitative estimate of drug-likeness (QED) is 0.898. The van der Waals surface area contributed by atoms with Crippen molar-refractivity contribution in [3.05, 3.63) is 65.7 Å². The second-order valence-electron chi connectivity index (χ2n) is 6.51. The summed E-state index contributed by atoms with van der Waals surface area (Å²) in [5.41, 5.74) is 2.21. The Kier molecular flexibility index (Phi) is 6.02. The Morgan fingerprint density at radius 2 is 1.69 bits per heavy atom. The number of hydrogen-bond donors (Lipinski definition) is 1. The number of carbonyl (C=O) groups is 2. The molecule has 2 aromatic rings. The van der Waals surface area contributed by atoms with E-state index in [4.69, 9.17) is 4.74 Å². The Bertz CT molecular complexity index is 755. The van der Waals surface area contributed by atoms with Gasteiger partial charge in [-0.15, -0.1) is 0 Å². The molecule has 1 N–H and O–H groups in total. The molecule has 2 aromatic carbocycles. The summed E-state index contributed by atoms with van der Waals surface area (Å²) < 4.78 is 5.30. The van der Waals surface area contributed by atoms with Gasteiger partial charge in [-0.2, -0.15) is 0 Å². The summed E-state index contributed by atoms with van der Waals surface area (Å²) in [5.74, 6) is -0.0535. The van der Waals surface area contributed by atoms with E-state index in [1.807, 2.05) is 49.4 Å². The highest BCUT2D eigenvalue weighted by Crippen LogP contribution is 2.22. The fourth-order valence-electron chi connectivity index (χ4n) is 3.09. The second kappa shape index (κ2) is 8.63. The third-order valence-electron chi connectivity index (χ3n) is 4.59. The normalized spacial score (nSPS) is 15.3. The highest BCUT2D eigenvalue weighted by atomic mass is 16.5. The van der Waals surface area contributed by atoms with E-state index in [0.717, 1.165) is 5.56 Å². The molecule has 0 bridgehead atoms. The van der Waals surface area contributed by atoms with Crippen LogP contribution in [0, 0.1) is 0 Å². The molecule has 1 atom stereocenters. The predicted molar refractivity (Wildman–Crippen MR) is 101 cm³/mol. The van der Waals surface area contributed by atoms with Crippen LogP contribution in [0.25, 0.3) is 0 Å². The van der Waals surface area contributed by atoms with Crippen LogP contribution in [-0.4, -0.2) is 43.0 Å². The molecular formula is C21H24N2O3. The first kappa shape index (κ1) is 18.1. The summed E-state index contributed by atoms with van der Waals surface area (Å²) in [6, 6.07) is 17.1. The lowest BCUT2D eigenvalue weighted by Crippen LogP contribution is -2.41. The number of ether oxygens (including phenoxy) is 1. The zero-order valence-electron chi connectivity index (χ0n) is 15.0. The summed E-state index contributed by atoms with van der Waals surface area (Å²) in [5, 5.41) is 2.91. The topological polar surface area (TPSA) is 58.6 Å². The van der Waals surface area contributed by atoms with Gasteiger partial charge in [0.15, 0.2) is 0 Å². The molecule has 1 heterocycles. The fraction of sp³-hybridized carbons (Fsp3) is 0.333. The third-order valence-corrected chi connectivity index (χ3v) is 4.59. The van der Waals surface area contributed by atoms with Crippen LogP contribution in [0.5, 0.6) is 0 Å². The number of para-hydroxylation sites is 1. The first-order chi connectivity index (χ1) is 12.6. The van der Waals surface area contributed by atoms with Gasteiger partial charge >= 0.3 is 0 Å². The highest BCUT2D eigenvalue weighted by molar-refractivity contribution is 6.03. The van der Waals surface area contributed by atoms with Gasteiger partial charge in [0.25, 0.3) is 5.91 Å². The lowest BCUT2D eigenvalue weighted by atomic mass is 9.97. The van der Waals surface area contributed by atoms with Crippen LogP contribution in [0.1, 0.15) is 35.2 Å². The van der Waals surface area contributed by atoms with E-state index in [0.29, 0.717) is 44.0 Å². The maximum Gasteiger partial charge on any atom is 0.256 e. The number of nitrogens with zero attached hydrogens (tertiary/aromatic N) is 1. The maximum atomic E-state index is 12.8. The summed E-state index contributed by atoms with van der Waals surface area (Å²) in [6.45, 7) is 4.28. The molecule has 1 saturated heterocycles. The second-order valence-corrected chi connectivity index (χ2v) is 6.51. The number of hydrogen-bond acceptors (Lipinski definition) is 3. The van der Waals surface area contributed by atoms with E-state index in [9.17, 15) is 9.59 Å². The minimum Gasteiger partial charge on any atom is -0.378 e. The van der Waals surface area contributed by atoms with Crippen LogP contribution >= 0.6 is 0 Å². The Morgan fingerprint density at radius 1 is 1.04 bits per heavy atom. The van der Waals surface area contributed by atoms with Crippen molar-refractivity contribution in [1.82, 2.24) is 4.90 Å². The van der Waals surface area contributed by atoms with Crippen molar-refractivity contribution in [3.8, 4) is 0 Å². The molecule has 0 saturated carbocycles. The van der Waals surface area contributed by atoms with Crippen molar-refractivity contribution in [2.24, 2.45) is 0 Å². The molecule has 0 spiro atoms. The molecule has 1 fully saturated rings. The SMILES string of the molecule is C[C@@H](CC(=O)Nc1ccccc1C(=O)N1CCOCC1)c1ccccc1. The van der Waals surface area contributed by atoms with Crippen molar-refractivity contribution in [2.45, 2.75) is 19.3 Å². The Morgan fingerprint density at radius 3 is 2.42 bits per heavy atom. The van der Waals surface area contributed by atoms with E-state index < -0.39 is 0 Å². The standard InChI is InChI=1S/C21H24N2O3/c1-16(17-7-3-2-4-8-17)15-20(24)22-19-10-6-5-9-18(19)21(25)23-11-13-26-14-12-23/h2-10,16H,11-15H2,1H3,(H,22,24)/t16-/m0/s1. The van der Waals surface area contributed by atoms with Crippen LogP contribution in [-0.2, 0) is 9.53 Å². The van der Waals surface area contributed by atoms with Crippen LogP contribution in [0.3, 0.4) is 0 Å². The minimum atomic E-state index is -0.0939. The number of carbonyl (C=O) groups excluding carboxylic acids is 2.